The number of halogens is 1. The van der Waals surface area contributed by atoms with Gasteiger partial charge >= 0.3 is 0 Å². The van der Waals surface area contributed by atoms with E-state index in [-0.39, 0.29) is 29.8 Å². The van der Waals surface area contributed by atoms with Gasteiger partial charge < -0.3 is 15.5 Å². The number of aromatic nitrogens is 2. The van der Waals surface area contributed by atoms with Gasteiger partial charge in [-0.3, -0.25) is 9.98 Å². The van der Waals surface area contributed by atoms with Crippen LogP contribution < -0.4 is 20.3 Å². The highest BCUT2D eigenvalue weighted by Crippen LogP contribution is 2.20. The molecule has 9 nitrogen and oxygen atoms in total. The number of nitrogens with one attached hydrogen (secondary N) is 3. The van der Waals surface area contributed by atoms with Crippen LogP contribution in [-0.2, 0) is 10.0 Å². The van der Waals surface area contributed by atoms with Gasteiger partial charge in [0.1, 0.15) is 4.90 Å². The Morgan fingerprint density at radius 3 is 2.90 bits per heavy atom. The van der Waals surface area contributed by atoms with Crippen LogP contribution in [0, 0.1) is 5.82 Å². The Morgan fingerprint density at radius 1 is 1.33 bits per heavy atom. The monoisotopic (exact) mass is 435 g/mol. The average molecular weight is 436 g/mol. The first-order chi connectivity index (χ1) is 14.5. The summed E-state index contributed by atoms with van der Waals surface area (Å²) in [6.07, 6.45) is 5.21. The summed E-state index contributed by atoms with van der Waals surface area (Å²) in [5, 5.41) is 6.47. The van der Waals surface area contributed by atoms with Gasteiger partial charge in [-0.15, -0.1) is 0 Å². The van der Waals surface area contributed by atoms with Crippen molar-refractivity contribution in [2.24, 2.45) is 4.99 Å². The lowest BCUT2D eigenvalue weighted by molar-refractivity contribution is 0.581. The van der Waals surface area contributed by atoms with E-state index in [9.17, 15) is 12.8 Å². The second-order valence-corrected chi connectivity index (χ2v) is 8.50. The first-order valence-corrected chi connectivity index (χ1v) is 11.3. The summed E-state index contributed by atoms with van der Waals surface area (Å²) < 4.78 is 40.9. The smallest absolute Gasteiger partial charge is 0.242 e. The molecule has 3 rings (SSSR count). The van der Waals surface area contributed by atoms with Gasteiger partial charge in [-0.2, -0.15) is 0 Å². The summed E-state index contributed by atoms with van der Waals surface area (Å²) in [5.74, 6) is 0.611. The molecule has 1 unspecified atom stereocenters. The van der Waals surface area contributed by atoms with Crippen molar-refractivity contribution in [1.82, 2.24) is 25.3 Å². The van der Waals surface area contributed by atoms with Crippen molar-refractivity contribution >= 4 is 21.8 Å². The minimum absolute atomic E-state index is 0.0799. The zero-order valence-electron chi connectivity index (χ0n) is 16.8. The van der Waals surface area contributed by atoms with Crippen LogP contribution in [0.1, 0.15) is 13.3 Å². The van der Waals surface area contributed by atoms with Crippen LogP contribution in [0.25, 0.3) is 0 Å². The second kappa shape index (κ2) is 10.3. The molecule has 0 saturated carbocycles. The SMILES string of the molecule is CCNC(=NCCNS(=O)(=O)c1cccnc1)NC1CCN(c2ncccc2F)C1. The highest BCUT2D eigenvalue weighted by atomic mass is 32.2. The van der Waals surface area contributed by atoms with Crippen molar-refractivity contribution in [2.75, 3.05) is 37.6 Å². The number of nitrogens with zero attached hydrogens (tertiary/aromatic N) is 4. The predicted molar refractivity (Wildman–Crippen MR) is 113 cm³/mol. The van der Waals surface area contributed by atoms with Gasteiger partial charge in [-0.1, -0.05) is 0 Å². The normalized spacial score (nSPS) is 17.2. The maximum atomic E-state index is 14.0. The summed E-state index contributed by atoms with van der Waals surface area (Å²) in [7, 11) is -3.61. The maximum Gasteiger partial charge on any atom is 0.242 e. The lowest BCUT2D eigenvalue weighted by atomic mass is 10.3. The van der Waals surface area contributed by atoms with Crippen LogP contribution in [-0.4, -0.2) is 63.1 Å². The molecule has 0 aromatic carbocycles. The van der Waals surface area contributed by atoms with E-state index < -0.39 is 10.0 Å². The van der Waals surface area contributed by atoms with E-state index in [0.717, 1.165) is 6.42 Å². The van der Waals surface area contributed by atoms with Crippen molar-refractivity contribution in [2.45, 2.75) is 24.3 Å². The van der Waals surface area contributed by atoms with Crippen LogP contribution in [0.4, 0.5) is 10.2 Å². The molecule has 11 heteroatoms. The topological polar surface area (TPSA) is 112 Å². The number of aliphatic imine (C=N–C) groups is 1. The summed E-state index contributed by atoms with van der Waals surface area (Å²) in [6.45, 7) is 4.33. The van der Waals surface area contributed by atoms with Gasteiger partial charge in [0.25, 0.3) is 0 Å². The van der Waals surface area contributed by atoms with Crippen molar-refractivity contribution in [1.29, 1.82) is 0 Å². The van der Waals surface area contributed by atoms with Gasteiger partial charge in [-0.05, 0) is 37.6 Å². The molecule has 30 heavy (non-hydrogen) atoms. The molecule has 3 heterocycles. The first-order valence-electron chi connectivity index (χ1n) is 9.79. The Labute approximate surface area is 175 Å². The Kier molecular flexibility index (Phi) is 7.52. The zero-order valence-corrected chi connectivity index (χ0v) is 17.6. The molecule has 1 atom stereocenters. The Bertz CT molecular complexity index is 956. The van der Waals surface area contributed by atoms with Crippen molar-refractivity contribution < 1.29 is 12.8 Å². The molecule has 0 bridgehead atoms. The molecule has 1 saturated heterocycles. The number of anilines is 1. The van der Waals surface area contributed by atoms with E-state index in [1.165, 1.54) is 24.5 Å². The number of hydrogen-bond acceptors (Lipinski definition) is 6. The number of sulfonamides is 1. The summed E-state index contributed by atoms with van der Waals surface area (Å²) in [5.41, 5.74) is 0. The molecule has 2 aromatic rings. The van der Waals surface area contributed by atoms with Crippen molar-refractivity contribution in [3.63, 3.8) is 0 Å². The second-order valence-electron chi connectivity index (χ2n) is 6.73. The molecule has 1 fully saturated rings. The first kappa shape index (κ1) is 21.9. The van der Waals surface area contributed by atoms with E-state index in [1.54, 1.807) is 18.3 Å². The van der Waals surface area contributed by atoms with E-state index in [4.69, 9.17) is 0 Å². The van der Waals surface area contributed by atoms with Gasteiger partial charge in [-0.25, -0.2) is 22.5 Å². The maximum absolute atomic E-state index is 14.0. The Balaban J connectivity index is 1.52. The van der Waals surface area contributed by atoms with E-state index in [1.807, 2.05) is 11.8 Å². The van der Waals surface area contributed by atoms with Crippen LogP contribution >= 0.6 is 0 Å². The fraction of sp³-hybridized carbons (Fsp3) is 0.421. The van der Waals surface area contributed by atoms with Gasteiger partial charge in [0, 0.05) is 50.8 Å². The minimum Gasteiger partial charge on any atom is -0.357 e. The summed E-state index contributed by atoms with van der Waals surface area (Å²) in [4.78, 5) is 14.4. The summed E-state index contributed by atoms with van der Waals surface area (Å²) in [6, 6.07) is 6.11. The lowest BCUT2D eigenvalue weighted by Gasteiger charge is -2.20. The predicted octanol–water partition coefficient (Wildman–Crippen LogP) is 0.728. The number of rotatable bonds is 8. The Morgan fingerprint density at radius 2 is 2.17 bits per heavy atom. The van der Waals surface area contributed by atoms with Crippen LogP contribution in [0.5, 0.6) is 0 Å². The molecule has 1 aliphatic rings. The van der Waals surface area contributed by atoms with Gasteiger partial charge in [0.05, 0.1) is 6.54 Å². The highest BCUT2D eigenvalue weighted by molar-refractivity contribution is 7.89. The molecular formula is C19H26FN7O2S. The van der Waals surface area contributed by atoms with E-state index in [0.29, 0.717) is 31.4 Å². The molecule has 0 spiro atoms. The quantitative estimate of drug-likeness (QED) is 0.318. The third-order valence-electron chi connectivity index (χ3n) is 4.53. The number of hydrogen-bond donors (Lipinski definition) is 3. The largest absolute Gasteiger partial charge is 0.357 e. The molecule has 1 aliphatic heterocycles. The van der Waals surface area contributed by atoms with Crippen molar-refractivity contribution in [3.05, 3.63) is 48.7 Å². The fourth-order valence-corrected chi connectivity index (χ4v) is 4.12. The van der Waals surface area contributed by atoms with Crippen LogP contribution in [0.15, 0.2) is 52.7 Å². The average Bonchev–Trinajstić information content (AvgIpc) is 3.20. The van der Waals surface area contributed by atoms with Gasteiger partial charge in [0.2, 0.25) is 10.0 Å². The summed E-state index contributed by atoms with van der Waals surface area (Å²) >= 11 is 0. The molecule has 3 N–H and O–H groups in total. The van der Waals surface area contributed by atoms with E-state index in [2.05, 4.69) is 30.3 Å². The van der Waals surface area contributed by atoms with Crippen LogP contribution in [0.2, 0.25) is 0 Å². The lowest BCUT2D eigenvalue weighted by Crippen LogP contribution is -2.45. The molecule has 0 radical (unpaired) electrons. The molecular weight excluding hydrogens is 409 g/mol. The van der Waals surface area contributed by atoms with Crippen LogP contribution in [0.3, 0.4) is 0 Å². The molecule has 162 valence electrons. The third-order valence-corrected chi connectivity index (χ3v) is 5.98. The third kappa shape index (κ3) is 5.86. The molecule has 0 aliphatic carbocycles. The Hall–Kier alpha value is -2.79. The van der Waals surface area contributed by atoms with Crippen molar-refractivity contribution in [3.8, 4) is 0 Å². The minimum atomic E-state index is -3.61. The zero-order chi connectivity index (χ0) is 21.4. The van der Waals surface area contributed by atoms with E-state index >= 15 is 0 Å². The standard InChI is InChI=1S/C19H26FN7O2S/c1-2-22-19(24-10-11-25-30(28,29)16-5-3-8-21-13-16)26-15-7-12-27(14-15)18-17(20)6-4-9-23-18/h3-6,8-9,13,15,25H,2,7,10-12,14H2,1H3,(H2,22,24,26). The fourth-order valence-electron chi connectivity index (χ4n) is 3.13. The van der Waals surface area contributed by atoms with Gasteiger partial charge in [0.15, 0.2) is 17.6 Å². The number of pyridine rings is 2. The molecule has 2 aromatic heterocycles. The molecule has 0 amide bonds. The highest BCUT2D eigenvalue weighted by Gasteiger charge is 2.25. The number of guanidine groups is 1.